The van der Waals surface area contributed by atoms with Crippen LogP contribution in [0.15, 0.2) is 12.1 Å². The summed E-state index contributed by atoms with van der Waals surface area (Å²) >= 11 is 0. The maximum Gasteiger partial charge on any atom is 0.407 e. The van der Waals surface area contributed by atoms with Gasteiger partial charge in [0.25, 0.3) is 5.91 Å². The lowest BCUT2D eigenvalue weighted by atomic mass is 9.93. The normalized spacial score (nSPS) is 15.3. The lowest BCUT2D eigenvalue weighted by molar-refractivity contribution is -0.120. The Morgan fingerprint density at radius 1 is 1.35 bits per heavy atom. The van der Waals surface area contributed by atoms with Gasteiger partial charge in [-0.15, -0.1) is 5.10 Å². The number of ether oxygens (including phenoxy) is 1. The summed E-state index contributed by atoms with van der Waals surface area (Å²) in [6.07, 6.45) is 2.39. The van der Waals surface area contributed by atoms with Crippen molar-refractivity contribution in [3.05, 3.63) is 17.8 Å². The van der Waals surface area contributed by atoms with Crippen LogP contribution in [0.2, 0.25) is 0 Å². The molecule has 1 aliphatic heterocycles. The standard InChI is InChI=1S/C15H23N5O3/c1-11-2-3-14(19-18-11)20-8-5-12(6-9-20)4-7-17-15(22)23-10-13(16)21/h2-3,12H,4-10H2,1H3,(H2,16,21)(H,17,22). The van der Waals surface area contributed by atoms with Crippen molar-refractivity contribution < 1.29 is 14.3 Å². The summed E-state index contributed by atoms with van der Waals surface area (Å²) in [6.45, 7) is 3.95. The molecule has 1 aromatic rings. The minimum atomic E-state index is -0.660. The highest BCUT2D eigenvalue weighted by Crippen LogP contribution is 2.23. The van der Waals surface area contributed by atoms with Crippen molar-refractivity contribution in [2.24, 2.45) is 11.7 Å². The third kappa shape index (κ3) is 5.72. The molecule has 0 aliphatic carbocycles. The maximum atomic E-state index is 11.3. The summed E-state index contributed by atoms with van der Waals surface area (Å²) in [7, 11) is 0. The van der Waals surface area contributed by atoms with E-state index in [1.165, 1.54) is 0 Å². The van der Waals surface area contributed by atoms with Crippen LogP contribution in [-0.4, -0.2) is 48.4 Å². The maximum absolute atomic E-state index is 11.3. The van der Waals surface area contributed by atoms with Gasteiger partial charge in [0.15, 0.2) is 12.4 Å². The average Bonchev–Trinajstić information content (AvgIpc) is 2.54. The number of rotatable bonds is 6. The second-order valence-electron chi connectivity index (χ2n) is 5.72. The number of anilines is 1. The number of aromatic nitrogens is 2. The van der Waals surface area contributed by atoms with E-state index in [1.807, 2.05) is 19.1 Å². The molecular weight excluding hydrogens is 298 g/mol. The van der Waals surface area contributed by atoms with E-state index in [9.17, 15) is 9.59 Å². The number of carbonyl (C=O) groups excluding carboxylic acids is 2. The first-order chi connectivity index (χ1) is 11.0. The van der Waals surface area contributed by atoms with Gasteiger partial charge in [0, 0.05) is 19.6 Å². The molecule has 3 N–H and O–H groups in total. The number of amides is 2. The lowest BCUT2D eigenvalue weighted by Crippen LogP contribution is -2.36. The van der Waals surface area contributed by atoms with Crippen LogP contribution in [0.3, 0.4) is 0 Å². The van der Waals surface area contributed by atoms with E-state index < -0.39 is 12.0 Å². The summed E-state index contributed by atoms with van der Waals surface area (Å²) in [4.78, 5) is 24.0. The smallest absolute Gasteiger partial charge is 0.407 e. The fourth-order valence-electron chi connectivity index (χ4n) is 2.58. The number of hydrogen-bond acceptors (Lipinski definition) is 6. The van der Waals surface area contributed by atoms with Crippen LogP contribution in [0.1, 0.15) is 25.0 Å². The Labute approximate surface area is 135 Å². The molecule has 0 radical (unpaired) electrons. The molecular formula is C15H23N5O3. The molecule has 2 amide bonds. The first-order valence-electron chi connectivity index (χ1n) is 7.79. The van der Waals surface area contributed by atoms with Crippen molar-refractivity contribution in [3.8, 4) is 0 Å². The number of nitrogens with one attached hydrogen (secondary N) is 1. The largest absolute Gasteiger partial charge is 0.439 e. The van der Waals surface area contributed by atoms with Crippen LogP contribution in [0.25, 0.3) is 0 Å². The molecule has 126 valence electrons. The van der Waals surface area contributed by atoms with Gasteiger partial charge >= 0.3 is 6.09 Å². The minimum absolute atomic E-state index is 0.387. The molecule has 2 rings (SSSR count). The molecule has 1 saturated heterocycles. The molecule has 23 heavy (non-hydrogen) atoms. The van der Waals surface area contributed by atoms with Gasteiger partial charge in [0.2, 0.25) is 0 Å². The zero-order valence-corrected chi connectivity index (χ0v) is 13.3. The van der Waals surface area contributed by atoms with E-state index in [0.29, 0.717) is 12.5 Å². The molecule has 0 bridgehead atoms. The van der Waals surface area contributed by atoms with Crippen molar-refractivity contribution in [1.29, 1.82) is 0 Å². The van der Waals surface area contributed by atoms with Gasteiger partial charge in [-0.1, -0.05) is 0 Å². The van der Waals surface area contributed by atoms with Gasteiger partial charge in [-0.05, 0) is 44.2 Å². The lowest BCUT2D eigenvalue weighted by Gasteiger charge is -2.32. The van der Waals surface area contributed by atoms with Gasteiger partial charge in [-0.3, -0.25) is 4.79 Å². The molecule has 8 heteroatoms. The first kappa shape index (κ1) is 17.0. The monoisotopic (exact) mass is 321 g/mol. The molecule has 1 aromatic heterocycles. The molecule has 0 unspecified atom stereocenters. The fraction of sp³-hybridized carbons (Fsp3) is 0.600. The van der Waals surface area contributed by atoms with Crippen molar-refractivity contribution in [1.82, 2.24) is 15.5 Å². The Morgan fingerprint density at radius 2 is 2.09 bits per heavy atom. The summed E-state index contributed by atoms with van der Waals surface area (Å²) in [6, 6.07) is 3.97. The van der Waals surface area contributed by atoms with E-state index >= 15 is 0 Å². The van der Waals surface area contributed by atoms with Gasteiger partial charge in [0.1, 0.15) is 0 Å². The highest BCUT2D eigenvalue weighted by Gasteiger charge is 2.20. The second kappa shape index (κ2) is 8.30. The van der Waals surface area contributed by atoms with E-state index in [1.54, 1.807) is 0 Å². The van der Waals surface area contributed by atoms with Crippen LogP contribution < -0.4 is 16.0 Å². The first-order valence-corrected chi connectivity index (χ1v) is 7.79. The molecule has 8 nitrogen and oxygen atoms in total. The number of nitrogens with zero attached hydrogens (tertiary/aromatic N) is 3. The molecule has 1 aliphatic rings. The quantitative estimate of drug-likeness (QED) is 0.794. The zero-order chi connectivity index (χ0) is 16.7. The number of aryl methyl sites for hydroxylation is 1. The van der Waals surface area contributed by atoms with Gasteiger partial charge in [-0.2, -0.15) is 5.10 Å². The highest BCUT2D eigenvalue weighted by atomic mass is 16.6. The molecule has 0 saturated carbocycles. The van der Waals surface area contributed by atoms with Gasteiger partial charge in [0.05, 0.1) is 5.69 Å². The van der Waals surface area contributed by atoms with Gasteiger partial charge in [-0.25, -0.2) is 4.79 Å². The summed E-state index contributed by atoms with van der Waals surface area (Å²) in [5.74, 6) is 0.815. The fourth-order valence-corrected chi connectivity index (χ4v) is 2.58. The van der Waals surface area contributed by atoms with Crippen molar-refractivity contribution in [2.45, 2.75) is 26.2 Å². The Hall–Kier alpha value is -2.38. The van der Waals surface area contributed by atoms with Crippen molar-refractivity contribution in [3.63, 3.8) is 0 Å². The van der Waals surface area contributed by atoms with Crippen LogP contribution >= 0.6 is 0 Å². The van der Waals surface area contributed by atoms with Crippen molar-refractivity contribution >= 4 is 17.8 Å². The van der Waals surface area contributed by atoms with Crippen LogP contribution in [0, 0.1) is 12.8 Å². The third-order valence-electron chi connectivity index (χ3n) is 3.89. The predicted octanol–water partition coefficient (Wildman–Crippen LogP) is 0.603. The number of hydrogen-bond donors (Lipinski definition) is 2. The SMILES string of the molecule is Cc1ccc(N2CCC(CCNC(=O)OCC(N)=O)CC2)nn1. The molecule has 1 fully saturated rings. The molecule has 0 aromatic carbocycles. The highest BCUT2D eigenvalue weighted by molar-refractivity contribution is 5.78. The van der Waals surface area contributed by atoms with Gasteiger partial charge < -0.3 is 20.7 Å². The van der Waals surface area contributed by atoms with E-state index in [-0.39, 0.29) is 6.61 Å². The number of nitrogens with two attached hydrogens (primary N) is 1. The second-order valence-corrected chi connectivity index (χ2v) is 5.72. The number of alkyl carbamates (subject to hydrolysis) is 1. The summed E-state index contributed by atoms with van der Waals surface area (Å²) in [5, 5.41) is 10.9. The predicted molar refractivity (Wildman–Crippen MR) is 84.9 cm³/mol. The van der Waals surface area contributed by atoms with Crippen LogP contribution in [-0.2, 0) is 9.53 Å². The zero-order valence-electron chi connectivity index (χ0n) is 13.3. The Balaban J connectivity index is 1.64. The number of piperidine rings is 1. The van der Waals surface area contributed by atoms with Crippen molar-refractivity contribution in [2.75, 3.05) is 31.1 Å². The Morgan fingerprint density at radius 3 is 2.70 bits per heavy atom. The average molecular weight is 321 g/mol. The molecule has 0 atom stereocenters. The van der Waals surface area contributed by atoms with E-state index in [4.69, 9.17) is 5.73 Å². The third-order valence-corrected chi connectivity index (χ3v) is 3.89. The summed E-state index contributed by atoms with van der Waals surface area (Å²) in [5.41, 5.74) is 5.81. The van der Waals surface area contributed by atoms with Crippen LogP contribution in [0.5, 0.6) is 0 Å². The number of primary amides is 1. The number of carbonyl (C=O) groups is 2. The van der Waals surface area contributed by atoms with Crippen LogP contribution in [0.4, 0.5) is 10.6 Å². The Bertz CT molecular complexity index is 526. The minimum Gasteiger partial charge on any atom is -0.439 e. The topological polar surface area (TPSA) is 110 Å². The molecule has 0 spiro atoms. The Kier molecular flexibility index (Phi) is 6.13. The summed E-state index contributed by atoms with van der Waals surface area (Å²) < 4.78 is 4.63. The van der Waals surface area contributed by atoms with E-state index in [0.717, 1.165) is 43.9 Å². The molecule has 2 heterocycles. The van der Waals surface area contributed by atoms with E-state index in [2.05, 4.69) is 25.2 Å².